The molecule has 1 fully saturated rings. The standard InChI is InChI=1S/C12H18N4O2/c1-9(2)10-3-5-15(6-4-10)12-13-7-11(8-14-12)16(17)18/h7-10H,3-6H2,1-2H3. The highest BCUT2D eigenvalue weighted by Gasteiger charge is 2.23. The molecular formula is C12H18N4O2. The molecule has 0 N–H and O–H groups in total. The van der Waals surface area contributed by atoms with Gasteiger partial charge >= 0.3 is 5.69 Å². The van der Waals surface area contributed by atoms with Gasteiger partial charge in [-0.15, -0.1) is 0 Å². The zero-order chi connectivity index (χ0) is 13.1. The third-order valence-electron chi connectivity index (χ3n) is 3.60. The van der Waals surface area contributed by atoms with E-state index in [1.165, 1.54) is 12.4 Å². The van der Waals surface area contributed by atoms with E-state index in [4.69, 9.17) is 0 Å². The number of hydrogen-bond acceptors (Lipinski definition) is 5. The SMILES string of the molecule is CC(C)C1CCN(c2ncc([N+](=O)[O-])cn2)CC1. The fraction of sp³-hybridized carbons (Fsp3) is 0.667. The van der Waals surface area contributed by atoms with Gasteiger partial charge in [0.15, 0.2) is 0 Å². The Morgan fingerprint density at radius 3 is 2.33 bits per heavy atom. The van der Waals surface area contributed by atoms with E-state index >= 15 is 0 Å². The summed E-state index contributed by atoms with van der Waals surface area (Å²) in [4.78, 5) is 20.3. The van der Waals surface area contributed by atoms with Crippen LogP contribution in [-0.4, -0.2) is 28.0 Å². The summed E-state index contributed by atoms with van der Waals surface area (Å²) in [6.45, 7) is 6.37. The summed E-state index contributed by atoms with van der Waals surface area (Å²) >= 11 is 0. The first-order valence-electron chi connectivity index (χ1n) is 6.29. The molecule has 1 aromatic heterocycles. The van der Waals surface area contributed by atoms with Gasteiger partial charge in [-0.1, -0.05) is 13.8 Å². The van der Waals surface area contributed by atoms with Crippen molar-refractivity contribution >= 4 is 11.6 Å². The predicted octanol–water partition coefficient (Wildman–Crippen LogP) is 2.26. The molecule has 2 heterocycles. The van der Waals surface area contributed by atoms with E-state index in [1.807, 2.05) is 0 Å². The maximum atomic E-state index is 10.5. The third-order valence-corrected chi connectivity index (χ3v) is 3.60. The molecule has 0 aromatic carbocycles. The second-order valence-electron chi connectivity index (χ2n) is 5.07. The van der Waals surface area contributed by atoms with Crippen LogP contribution in [0.5, 0.6) is 0 Å². The third kappa shape index (κ3) is 2.75. The molecule has 0 aliphatic carbocycles. The average molecular weight is 250 g/mol. The molecule has 1 aromatic rings. The lowest BCUT2D eigenvalue weighted by molar-refractivity contribution is -0.385. The summed E-state index contributed by atoms with van der Waals surface area (Å²) < 4.78 is 0. The molecule has 0 atom stereocenters. The molecule has 0 radical (unpaired) electrons. The van der Waals surface area contributed by atoms with Crippen LogP contribution >= 0.6 is 0 Å². The highest BCUT2D eigenvalue weighted by atomic mass is 16.6. The van der Waals surface area contributed by atoms with Crippen LogP contribution in [0.3, 0.4) is 0 Å². The Morgan fingerprint density at radius 1 is 1.33 bits per heavy atom. The lowest BCUT2D eigenvalue weighted by Gasteiger charge is -2.33. The van der Waals surface area contributed by atoms with Gasteiger partial charge in [-0.3, -0.25) is 10.1 Å². The largest absolute Gasteiger partial charge is 0.341 e. The first-order valence-corrected chi connectivity index (χ1v) is 6.29. The zero-order valence-corrected chi connectivity index (χ0v) is 10.7. The molecule has 2 rings (SSSR count). The number of nitrogens with zero attached hydrogens (tertiary/aromatic N) is 4. The Balaban J connectivity index is 1.99. The Labute approximate surface area is 106 Å². The highest BCUT2D eigenvalue weighted by Crippen LogP contribution is 2.26. The first kappa shape index (κ1) is 12.7. The molecule has 0 bridgehead atoms. The molecule has 1 saturated heterocycles. The van der Waals surface area contributed by atoms with Crippen LogP contribution < -0.4 is 4.90 Å². The topological polar surface area (TPSA) is 72.2 Å². The maximum Gasteiger partial charge on any atom is 0.305 e. The molecule has 18 heavy (non-hydrogen) atoms. The van der Waals surface area contributed by atoms with Crippen LogP contribution in [0.4, 0.5) is 11.6 Å². The smallest absolute Gasteiger partial charge is 0.305 e. The van der Waals surface area contributed by atoms with Gasteiger partial charge in [0.2, 0.25) is 5.95 Å². The number of rotatable bonds is 3. The lowest BCUT2D eigenvalue weighted by Crippen LogP contribution is -2.36. The van der Waals surface area contributed by atoms with Crippen LogP contribution in [0.15, 0.2) is 12.4 Å². The van der Waals surface area contributed by atoms with Gasteiger partial charge in [-0.05, 0) is 24.7 Å². The quantitative estimate of drug-likeness (QED) is 0.607. The van der Waals surface area contributed by atoms with Crippen LogP contribution in [0.1, 0.15) is 26.7 Å². The summed E-state index contributed by atoms with van der Waals surface area (Å²) in [6, 6.07) is 0. The summed E-state index contributed by atoms with van der Waals surface area (Å²) in [5.74, 6) is 2.08. The van der Waals surface area contributed by atoms with Crippen molar-refractivity contribution in [2.45, 2.75) is 26.7 Å². The van der Waals surface area contributed by atoms with Crippen molar-refractivity contribution in [1.29, 1.82) is 0 Å². The Bertz CT molecular complexity index is 411. The molecule has 0 spiro atoms. The molecule has 1 aliphatic heterocycles. The fourth-order valence-electron chi connectivity index (χ4n) is 2.34. The number of piperidine rings is 1. The number of aromatic nitrogens is 2. The zero-order valence-electron chi connectivity index (χ0n) is 10.7. The summed E-state index contributed by atoms with van der Waals surface area (Å²) in [6.07, 6.45) is 4.82. The molecule has 1 aliphatic rings. The van der Waals surface area contributed by atoms with E-state index in [2.05, 4.69) is 28.7 Å². The molecule has 6 nitrogen and oxygen atoms in total. The monoisotopic (exact) mass is 250 g/mol. The Morgan fingerprint density at radius 2 is 1.89 bits per heavy atom. The van der Waals surface area contributed by atoms with Crippen LogP contribution in [-0.2, 0) is 0 Å². The summed E-state index contributed by atoms with van der Waals surface area (Å²) in [5, 5.41) is 10.5. The molecular weight excluding hydrogens is 232 g/mol. The lowest BCUT2D eigenvalue weighted by atomic mass is 9.87. The molecule has 0 saturated carbocycles. The van der Waals surface area contributed by atoms with E-state index in [1.54, 1.807) is 0 Å². The summed E-state index contributed by atoms with van der Waals surface area (Å²) in [7, 11) is 0. The van der Waals surface area contributed by atoms with Gasteiger partial charge in [0, 0.05) is 13.1 Å². The van der Waals surface area contributed by atoms with E-state index in [0.29, 0.717) is 11.9 Å². The van der Waals surface area contributed by atoms with E-state index in [9.17, 15) is 10.1 Å². The predicted molar refractivity (Wildman–Crippen MR) is 68.5 cm³/mol. The van der Waals surface area contributed by atoms with Crippen molar-refractivity contribution in [3.05, 3.63) is 22.5 Å². The van der Waals surface area contributed by atoms with Crippen molar-refractivity contribution in [2.75, 3.05) is 18.0 Å². The molecule has 98 valence electrons. The first-order chi connectivity index (χ1) is 8.58. The van der Waals surface area contributed by atoms with Crippen LogP contribution in [0, 0.1) is 22.0 Å². The second kappa shape index (κ2) is 5.29. The molecule has 0 unspecified atom stereocenters. The van der Waals surface area contributed by atoms with Gasteiger partial charge in [0.1, 0.15) is 12.4 Å². The average Bonchev–Trinajstić information content (AvgIpc) is 2.39. The van der Waals surface area contributed by atoms with Crippen molar-refractivity contribution in [3.8, 4) is 0 Å². The van der Waals surface area contributed by atoms with Crippen LogP contribution in [0.2, 0.25) is 0 Å². The van der Waals surface area contributed by atoms with Crippen molar-refractivity contribution in [2.24, 2.45) is 11.8 Å². The van der Waals surface area contributed by atoms with E-state index in [0.717, 1.165) is 31.8 Å². The van der Waals surface area contributed by atoms with Crippen molar-refractivity contribution in [3.63, 3.8) is 0 Å². The second-order valence-corrected chi connectivity index (χ2v) is 5.07. The normalized spacial score (nSPS) is 17.2. The van der Waals surface area contributed by atoms with Gasteiger partial charge < -0.3 is 4.90 Å². The minimum atomic E-state index is -0.477. The van der Waals surface area contributed by atoms with Crippen molar-refractivity contribution < 1.29 is 4.92 Å². The van der Waals surface area contributed by atoms with Gasteiger partial charge in [0.05, 0.1) is 4.92 Å². The Hall–Kier alpha value is -1.72. The minimum absolute atomic E-state index is 0.0594. The highest BCUT2D eigenvalue weighted by molar-refractivity contribution is 5.34. The summed E-state index contributed by atoms with van der Waals surface area (Å²) in [5.41, 5.74) is -0.0594. The Kier molecular flexibility index (Phi) is 3.74. The fourth-order valence-corrected chi connectivity index (χ4v) is 2.34. The van der Waals surface area contributed by atoms with E-state index < -0.39 is 4.92 Å². The number of hydrogen-bond donors (Lipinski definition) is 0. The van der Waals surface area contributed by atoms with Gasteiger partial charge in [-0.25, -0.2) is 9.97 Å². The number of nitro groups is 1. The van der Waals surface area contributed by atoms with Crippen molar-refractivity contribution in [1.82, 2.24) is 9.97 Å². The molecule has 6 heteroatoms. The van der Waals surface area contributed by atoms with Gasteiger partial charge in [0.25, 0.3) is 0 Å². The van der Waals surface area contributed by atoms with E-state index in [-0.39, 0.29) is 5.69 Å². The minimum Gasteiger partial charge on any atom is -0.341 e. The van der Waals surface area contributed by atoms with Crippen LogP contribution in [0.25, 0.3) is 0 Å². The molecule has 0 amide bonds. The maximum absolute atomic E-state index is 10.5. The van der Waals surface area contributed by atoms with Gasteiger partial charge in [-0.2, -0.15) is 0 Å². The number of anilines is 1.